The summed E-state index contributed by atoms with van der Waals surface area (Å²) in [5.74, 6) is 1.75. The van der Waals surface area contributed by atoms with Crippen LogP contribution in [0.5, 0.6) is 0 Å². The van der Waals surface area contributed by atoms with E-state index < -0.39 is 0 Å². The van der Waals surface area contributed by atoms with Crippen LogP contribution in [0, 0.1) is 0 Å². The van der Waals surface area contributed by atoms with Crippen molar-refractivity contribution in [3.8, 4) is 0 Å². The lowest BCUT2D eigenvalue weighted by Gasteiger charge is -2.26. The van der Waals surface area contributed by atoms with Crippen LogP contribution in [0.25, 0.3) is 0 Å². The molecule has 3 N–H and O–H groups in total. The van der Waals surface area contributed by atoms with Crippen molar-refractivity contribution < 1.29 is 13.9 Å². The lowest BCUT2D eigenvalue weighted by Crippen LogP contribution is -2.45. The van der Waals surface area contributed by atoms with Crippen molar-refractivity contribution in [2.75, 3.05) is 59.0 Å². The fourth-order valence-corrected chi connectivity index (χ4v) is 2.62. The number of hydrogen-bond acceptors (Lipinski definition) is 5. The Kier molecular flexibility index (Phi) is 12.9. The molecule has 0 unspecified atom stereocenters. The number of amides is 1. The van der Waals surface area contributed by atoms with Crippen LogP contribution in [-0.2, 0) is 16.0 Å². The highest BCUT2D eigenvalue weighted by Crippen LogP contribution is 1.99. The van der Waals surface area contributed by atoms with Gasteiger partial charge in [-0.25, -0.2) is 0 Å². The third kappa shape index (κ3) is 11.2. The van der Waals surface area contributed by atoms with Gasteiger partial charge in [-0.05, 0) is 18.6 Å². The van der Waals surface area contributed by atoms with Gasteiger partial charge in [0.25, 0.3) is 0 Å². The number of morpholine rings is 1. The number of guanidine groups is 1. The van der Waals surface area contributed by atoms with Gasteiger partial charge in [0.1, 0.15) is 5.76 Å². The zero-order chi connectivity index (χ0) is 18.5. The second-order valence-corrected chi connectivity index (χ2v) is 6.20. The Balaban J connectivity index is 0.00000364. The Morgan fingerprint density at radius 1 is 1.19 bits per heavy atom. The molecular formula is C18H32IN5O3. The van der Waals surface area contributed by atoms with Crippen molar-refractivity contribution >= 4 is 35.8 Å². The van der Waals surface area contributed by atoms with E-state index >= 15 is 0 Å². The van der Waals surface area contributed by atoms with Crippen LogP contribution in [0.2, 0.25) is 0 Å². The smallest absolute Gasteiger partial charge is 0.216 e. The normalized spacial score (nSPS) is 15.1. The number of carbonyl (C=O) groups excluding carboxylic acids is 1. The zero-order valence-electron chi connectivity index (χ0n) is 16.0. The molecule has 1 aliphatic heterocycles. The van der Waals surface area contributed by atoms with Crippen molar-refractivity contribution in [1.29, 1.82) is 0 Å². The van der Waals surface area contributed by atoms with Crippen molar-refractivity contribution in [3.05, 3.63) is 24.2 Å². The molecule has 1 aromatic heterocycles. The van der Waals surface area contributed by atoms with Crippen molar-refractivity contribution in [1.82, 2.24) is 20.9 Å². The molecule has 0 atom stereocenters. The highest BCUT2D eigenvalue weighted by atomic mass is 127. The summed E-state index contributed by atoms with van der Waals surface area (Å²) in [6.45, 7) is 8.97. The van der Waals surface area contributed by atoms with E-state index in [2.05, 4.69) is 25.8 Å². The molecule has 27 heavy (non-hydrogen) atoms. The number of nitrogens with one attached hydrogen (secondary N) is 3. The standard InChI is InChI=1S/C18H31N5O3.HI/c1-16(24)19-6-3-7-20-18(21-8-5-17-4-2-13-26-17)22-9-10-23-11-14-25-15-12-23;/h2,4,13H,3,5-12,14-15H2,1H3,(H,19,24)(H2,20,21,22);1H. The van der Waals surface area contributed by atoms with E-state index in [1.165, 1.54) is 6.92 Å². The molecule has 1 aliphatic rings. The predicted molar refractivity (Wildman–Crippen MR) is 117 cm³/mol. The molecule has 1 saturated heterocycles. The molecule has 0 spiro atoms. The fourth-order valence-electron chi connectivity index (χ4n) is 2.62. The van der Waals surface area contributed by atoms with Gasteiger partial charge in [0.2, 0.25) is 5.91 Å². The van der Waals surface area contributed by atoms with Gasteiger partial charge < -0.3 is 25.1 Å². The van der Waals surface area contributed by atoms with E-state index in [0.29, 0.717) is 13.1 Å². The molecule has 0 aromatic carbocycles. The molecule has 2 rings (SSSR count). The van der Waals surface area contributed by atoms with Crippen molar-refractivity contribution in [2.45, 2.75) is 19.8 Å². The number of rotatable bonds is 10. The monoisotopic (exact) mass is 493 g/mol. The summed E-state index contributed by atoms with van der Waals surface area (Å²) in [7, 11) is 0. The minimum absolute atomic E-state index is 0. The fraction of sp³-hybridized carbons (Fsp3) is 0.667. The number of carbonyl (C=O) groups is 1. The summed E-state index contributed by atoms with van der Waals surface area (Å²) < 4.78 is 10.7. The first kappa shape index (κ1) is 23.7. The van der Waals surface area contributed by atoms with Crippen molar-refractivity contribution in [3.63, 3.8) is 0 Å². The van der Waals surface area contributed by atoms with Gasteiger partial charge in [0, 0.05) is 59.2 Å². The number of hydrogen-bond donors (Lipinski definition) is 3. The molecule has 154 valence electrons. The number of furan rings is 1. The van der Waals surface area contributed by atoms with Crippen molar-refractivity contribution in [2.24, 2.45) is 4.99 Å². The Bertz CT molecular complexity index is 533. The maximum Gasteiger partial charge on any atom is 0.216 e. The Hall–Kier alpha value is -1.33. The first-order valence-corrected chi connectivity index (χ1v) is 9.33. The van der Waals surface area contributed by atoms with Crippen LogP contribution in [0.4, 0.5) is 0 Å². The molecule has 0 bridgehead atoms. The van der Waals surface area contributed by atoms with Gasteiger partial charge in [-0.2, -0.15) is 0 Å². The maximum absolute atomic E-state index is 10.9. The van der Waals surface area contributed by atoms with Gasteiger partial charge in [0.05, 0.1) is 19.5 Å². The summed E-state index contributed by atoms with van der Waals surface area (Å²) in [6.07, 6.45) is 3.31. The molecule has 8 nitrogen and oxygen atoms in total. The summed E-state index contributed by atoms with van der Waals surface area (Å²) in [5.41, 5.74) is 0. The summed E-state index contributed by atoms with van der Waals surface area (Å²) >= 11 is 0. The average molecular weight is 493 g/mol. The zero-order valence-corrected chi connectivity index (χ0v) is 18.4. The molecule has 9 heteroatoms. The molecule has 2 heterocycles. The van der Waals surface area contributed by atoms with Crippen LogP contribution >= 0.6 is 24.0 Å². The number of halogens is 1. The Morgan fingerprint density at radius 2 is 1.96 bits per heavy atom. The molecule has 1 fully saturated rings. The minimum Gasteiger partial charge on any atom is -0.469 e. The third-order valence-corrected chi connectivity index (χ3v) is 4.05. The quantitative estimate of drug-likeness (QED) is 0.194. The summed E-state index contributed by atoms with van der Waals surface area (Å²) in [4.78, 5) is 17.9. The molecule has 1 amide bonds. The van der Waals surface area contributed by atoms with E-state index in [1.54, 1.807) is 6.26 Å². The van der Waals surface area contributed by atoms with E-state index in [-0.39, 0.29) is 29.9 Å². The largest absolute Gasteiger partial charge is 0.469 e. The van der Waals surface area contributed by atoms with E-state index in [1.807, 2.05) is 12.1 Å². The third-order valence-electron chi connectivity index (χ3n) is 4.05. The van der Waals surface area contributed by atoms with E-state index in [4.69, 9.17) is 9.15 Å². The summed E-state index contributed by atoms with van der Waals surface area (Å²) in [6, 6.07) is 3.87. The van der Waals surface area contributed by atoms with E-state index in [9.17, 15) is 4.79 Å². The lowest BCUT2D eigenvalue weighted by molar-refractivity contribution is -0.118. The molecule has 0 radical (unpaired) electrons. The minimum atomic E-state index is -0.00517. The van der Waals surface area contributed by atoms with Gasteiger partial charge in [-0.3, -0.25) is 14.7 Å². The van der Waals surface area contributed by atoms with Crippen LogP contribution in [-0.4, -0.2) is 75.8 Å². The first-order valence-electron chi connectivity index (χ1n) is 9.33. The number of nitrogens with zero attached hydrogens (tertiary/aromatic N) is 2. The second-order valence-electron chi connectivity index (χ2n) is 6.20. The SMILES string of the molecule is CC(=O)NCCCN=C(NCCc1ccco1)NCCN1CCOCC1.I. The molecular weight excluding hydrogens is 461 g/mol. The maximum atomic E-state index is 10.9. The van der Waals surface area contributed by atoms with Crippen LogP contribution in [0.15, 0.2) is 27.8 Å². The van der Waals surface area contributed by atoms with Crippen LogP contribution < -0.4 is 16.0 Å². The number of aliphatic imine (C=N–C) groups is 1. The predicted octanol–water partition coefficient (Wildman–Crippen LogP) is 0.834. The Labute approximate surface area is 178 Å². The van der Waals surface area contributed by atoms with Crippen LogP contribution in [0.3, 0.4) is 0 Å². The summed E-state index contributed by atoms with van der Waals surface area (Å²) in [5, 5.41) is 9.52. The van der Waals surface area contributed by atoms with Crippen LogP contribution in [0.1, 0.15) is 19.1 Å². The second kappa shape index (κ2) is 14.7. The highest BCUT2D eigenvalue weighted by molar-refractivity contribution is 14.0. The average Bonchev–Trinajstić information content (AvgIpc) is 3.15. The highest BCUT2D eigenvalue weighted by Gasteiger charge is 2.09. The van der Waals surface area contributed by atoms with E-state index in [0.717, 1.165) is 70.5 Å². The number of ether oxygens (including phenoxy) is 1. The topological polar surface area (TPSA) is 91.1 Å². The van der Waals surface area contributed by atoms with Gasteiger partial charge in [-0.1, -0.05) is 0 Å². The van der Waals surface area contributed by atoms with Gasteiger partial charge >= 0.3 is 0 Å². The van der Waals surface area contributed by atoms with Gasteiger partial charge in [0.15, 0.2) is 5.96 Å². The molecule has 0 saturated carbocycles. The molecule has 0 aliphatic carbocycles. The Morgan fingerprint density at radius 3 is 2.67 bits per heavy atom. The van der Waals surface area contributed by atoms with Gasteiger partial charge in [-0.15, -0.1) is 24.0 Å². The lowest BCUT2D eigenvalue weighted by atomic mass is 10.3. The molecule has 1 aromatic rings. The first-order chi connectivity index (χ1) is 12.7.